The highest BCUT2D eigenvalue weighted by Gasteiger charge is 2.18. The highest BCUT2D eigenvalue weighted by Crippen LogP contribution is 2.03. The van der Waals surface area contributed by atoms with E-state index >= 15 is 0 Å². The van der Waals surface area contributed by atoms with Crippen molar-refractivity contribution in [2.45, 2.75) is 0 Å². The first-order valence-electron chi connectivity index (χ1n) is 3.00. The number of nitrogens with zero attached hydrogens (tertiary/aromatic N) is 2. The molecule has 0 aliphatic carbocycles. The monoisotopic (exact) mass is 206 g/mol. The summed E-state index contributed by atoms with van der Waals surface area (Å²) < 4.78 is 26.9. The zero-order valence-electron chi connectivity index (χ0n) is 6.51. The summed E-state index contributed by atoms with van der Waals surface area (Å²) in [7, 11) is -3.63. The summed E-state index contributed by atoms with van der Waals surface area (Å²) in [6, 6.07) is 0. The summed E-state index contributed by atoms with van der Waals surface area (Å²) in [4.78, 5) is 11.0. The number of nitrogens with two attached hydrogens (primary N) is 1. The zero-order chi connectivity index (χ0) is 10.1. The molecule has 0 radical (unpaired) electrons. The second-order valence-corrected chi connectivity index (χ2v) is 3.95. The molecule has 0 fully saturated rings. The average Bonchev–Trinajstić information content (AvgIpc) is 2.30. The van der Waals surface area contributed by atoms with Gasteiger partial charge in [-0.25, -0.2) is 17.8 Å². The Morgan fingerprint density at radius 2 is 2.15 bits per heavy atom. The molecule has 1 aromatic rings. The van der Waals surface area contributed by atoms with Gasteiger partial charge in [0, 0.05) is 0 Å². The van der Waals surface area contributed by atoms with Crippen LogP contribution < -0.4 is 10.5 Å². The molecule has 0 unspecified atom stereocenters. The van der Waals surface area contributed by atoms with Gasteiger partial charge in [-0.15, -0.1) is 0 Å². The van der Waals surface area contributed by atoms with Crippen molar-refractivity contribution >= 4 is 21.7 Å². The van der Waals surface area contributed by atoms with Crippen LogP contribution in [0.3, 0.4) is 0 Å². The lowest BCUT2D eigenvalue weighted by Gasteiger charge is -1.97. The van der Waals surface area contributed by atoms with Crippen LogP contribution in [0.15, 0.2) is 4.63 Å². The molecule has 13 heavy (non-hydrogen) atoms. The number of carbonyl (C=O) groups excluding carboxylic acids is 1. The Morgan fingerprint density at radius 1 is 1.54 bits per heavy atom. The molecule has 1 heterocycles. The quantitative estimate of drug-likeness (QED) is 0.592. The summed E-state index contributed by atoms with van der Waals surface area (Å²) in [6.45, 7) is 0. The summed E-state index contributed by atoms with van der Waals surface area (Å²) >= 11 is 0. The highest BCUT2D eigenvalue weighted by atomic mass is 32.2. The van der Waals surface area contributed by atoms with Crippen molar-refractivity contribution in [3.8, 4) is 0 Å². The Hall–Kier alpha value is -1.64. The number of hydrogen-bond donors (Lipinski definition) is 2. The lowest BCUT2D eigenvalue weighted by molar-refractivity contribution is 0.0972. The van der Waals surface area contributed by atoms with Crippen LogP contribution in [-0.4, -0.2) is 30.9 Å². The Bertz CT molecular complexity index is 421. The molecule has 0 bridgehead atoms. The molecule has 72 valence electrons. The topological polar surface area (TPSA) is 128 Å². The van der Waals surface area contributed by atoms with Crippen LogP contribution in [0.1, 0.15) is 10.5 Å². The summed E-state index contributed by atoms with van der Waals surface area (Å²) in [5, 5.41) is 6.22. The van der Waals surface area contributed by atoms with Crippen LogP contribution >= 0.6 is 0 Å². The molecular formula is C4H6N4O4S. The fraction of sp³-hybridized carbons (Fsp3) is 0.250. The number of aromatic nitrogens is 2. The molecule has 0 aliphatic heterocycles. The molecule has 1 amide bonds. The summed E-state index contributed by atoms with van der Waals surface area (Å²) in [6.07, 6.45) is 0.828. The van der Waals surface area contributed by atoms with Gasteiger partial charge in [-0.1, -0.05) is 0 Å². The molecule has 0 saturated carbocycles. The van der Waals surface area contributed by atoms with E-state index in [1.165, 1.54) is 0 Å². The van der Waals surface area contributed by atoms with E-state index in [0.29, 0.717) is 0 Å². The van der Waals surface area contributed by atoms with Crippen molar-refractivity contribution in [3.63, 3.8) is 0 Å². The van der Waals surface area contributed by atoms with Crippen molar-refractivity contribution in [1.82, 2.24) is 15.0 Å². The van der Waals surface area contributed by atoms with Gasteiger partial charge in [0.25, 0.3) is 5.91 Å². The van der Waals surface area contributed by atoms with Gasteiger partial charge >= 0.3 is 0 Å². The number of rotatable bonds is 2. The van der Waals surface area contributed by atoms with E-state index in [2.05, 4.69) is 14.9 Å². The third-order valence-electron chi connectivity index (χ3n) is 1.01. The first-order valence-corrected chi connectivity index (χ1v) is 4.89. The first-order chi connectivity index (χ1) is 5.90. The maximum atomic E-state index is 11.0. The Morgan fingerprint density at radius 3 is 2.54 bits per heavy atom. The van der Waals surface area contributed by atoms with E-state index in [9.17, 15) is 13.2 Å². The van der Waals surface area contributed by atoms with Crippen molar-refractivity contribution in [2.75, 3.05) is 12.0 Å². The van der Waals surface area contributed by atoms with Crippen LogP contribution in [0.2, 0.25) is 0 Å². The maximum Gasteiger partial charge on any atom is 0.290 e. The van der Waals surface area contributed by atoms with Crippen LogP contribution in [-0.2, 0) is 10.0 Å². The molecule has 1 aromatic heterocycles. The van der Waals surface area contributed by atoms with Crippen molar-refractivity contribution in [2.24, 2.45) is 0 Å². The van der Waals surface area contributed by atoms with E-state index in [4.69, 9.17) is 5.73 Å². The summed E-state index contributed by atoms with van der Waals surface area (Å²) in [5.41, 5.74) is 4.78. The lowest BCUT2D eigenvalue weighted by atomic mass is 10.4. The SMILES string of the molecule is CS(=O)(=O)NC(=O)c1nonc1N. The van der Waals surface area contributed by atoms with Crippen LogP contribution in [0.5, 0.6) is 0 Å². The Balaban J connectivity index is 2.88. The molecular weight excluding hydrogens is 200 g/mol. The molecule has 0 atom stereocenters. The fourth-order valence-electron chi connectivity index (χ4n) is 0.570. The van der Waals surface area contributed by atoms with Gasteiger partial charge in [0.1, 0.15) is 0 Å². The molecule has 9 heteroatoms. The normalized spacial score (nSPS) is 11.2. The van der Waals surface area contributed by atoms with Crippen molar-refractivity contribution < 1.29 is 17.8 Å². The van der Waals surface area contributed by atoms with E-state index < -0.39 is 15.9 Å². The molecule has 3 N–H and O–H groups in total. The number of nitrogen functional groups attached to an aromatic ring is 1. The number of sulfonamides is 1. The second-order valence-electron chi connectivity index (χ2n) is 2.20. The zero-order valence-corrected chi connectivity index (χ0v) is 7.33. The number of carbonyl (C=O) groups is 1. The van der Waals surface area contributed by atoms with Gasteiger partial charge in [-0.05, 0) is 10.3 Å². The van der Waals surface area contributed by atoms with E-state index in [1.807, 2.05) is 0 Å². The molecule has 0 spiro atoms. The van der Waals surface area contributed by atoms with Gasteiger partial charge in [0.2, 0.25) is 21.5 Å². The molecule has 0 saturated heterocycles. The first kappa shape index (κ1) is 9.45. The molecule has 0 aromatic carbocycles. The number of anilines is 1. The van der Waals surface area contributed by atoms with Gasteiger partial charge in [-0.2, -0.15) is 0 Å². The van der Waals surface area contributed by atoms with Crippen molar-refractivity contribution in [1.29, 1.82) is 0 Å². The van der Waals surface area contributed by atoms with Gasteiger partial charge in [0.05, 0.1) is 6.26 Å². The lowest BCUT2D eigenvalue weighted by Crippen LogP contribution is -2.30. The van der Waals surface area contributed by atoms with Gasteiger partial charge in [-0.3, -0.25) is 4.79 Å². The number of amides is 1. The third-order valence-corrected chi connectivity index (χ3v) is 1.56. The van der Waals surface area contributed by atoms with Crippen LogP contribution in [0.4, 0.5) is 5.82 Å². The fourth-order valence-corrected chi connectivity index (χ4v) is 1.00. The maximum absolute atomic E-state index is 11.0. The number of nitrogens with one attached hydrogen (secondary N) is 1. The molecule has 1 rings (SSSR count). The van der Waals surface area contributed by atoms with E-state index in [0.717, 1.165) is 6.26 Å². The Labute approximate surface area is 73.1 Å². The predicted octanol–water partition coefficient (Wildman–Crippen LogP) is -1.66. The molecule has 0 aliphatic rings. The largest absolute Gasteiger partial charge is 0.379 e. The van der Waals surface area contributed by atoms with Crippen LogP contribution in [0, 0.1) is 0 Å². The molecule has 8 nitrogen and oxygen atoms in total. The standard InChI is InChI=1S/C4H6N4O4S/c1-13(10,11)8-4(9)2-3(5)7-12-6-2/h1H3,(H2,5,7)(H,8,9). The van der Waals surface area contributed by atoms with E-state index in [-0.39, 0.29) is 11.5 Å². The minimum atomic E-state index is -3.63. The van der Waals surface area contributed by atoms with E-state index in [1.54, 1.807) is 4.72 Å². The van der Waals surface area contributed by atoms with Gasteiger partial charge < -0.3 is 5.73 Å². The smallest absolute Gasteiger partial charge is 0.290 e. The highest BCUT2D eigenvalue weighted by molar-refractivity contribution is 7.89. The predicted molar refractivity (Wildman–Crippen MR) is 41.0 cm³/mol. The minimum Gasteiger partial charge on any atom is -0.379 e. The second kappa shape index (κ2) is 3.01. The third kappa shape index (κ3) is 2.40. The average molecular weight is 206 g/mol. The van der Waals surface area contributed by atoms with Crippen LogP contribution in [0.25, 0.3) is 0 Å². The minimum absolute atomic E-state index is 0.263. The van der Waals surface area contributed by atoms with Gasteiger partial charge in [0.15, 0.2) is 0 Å². The van der Waals surface area contributed by atoms with Crippen molar-refractivity contribution in [3.05, 3.63) is 5.69 Å². The summed E-state index contributed by atoms with van der Waals surface area (Å²) in [5.74, 6) is -1.23. The Kier molecular flexibility index (Phi) is 2.19. The number of hydrogen-bond acceptors (Lipinski definition) is 7.